The molecule has 1 N–H and O–H groups in total. The van der Waals surface area contributed by atoms with Crippen LogP contribution in [0.3, 0.4) is 0 Å². The van der Waals surface area contributed by atoms with E-state index in [0.29, 0.717) is 16.6 Å². The van der Waals surface area contributed by atoms with Gasteiger partial charge in [0, 0.05) is 24.8 Å². The Morgan fingerprint density at radius 1 is 1.53 bits per heavy atom. The SMILES string of the molecule is CC1CC(NC(=O)c2cnc(Cl)c(Cl)c2)CCN1C. The average molecular weight is 302 g/mol. The van der Waals surface area contributed by atoms with Crippen molar-refractivity contribution in [2.75, 3.05) is 13.6 Å². The van der Waals surface area contributed by atoms with Gasteiger partial charge >= 0.3 is 0 Å². The summed E-state index contributed by atoms with van der Waals surface area (Å²) in [5.74, 6) is -0.146. The van der Waals surface area contributed by atoms with Crippen LogP contribution < -0.4 is 5.32 Å². The fourth-order valence-corrected chi connectivity index (χ4v) is 2.50. The number of carbonyl (C=O) groups excluding carboxylic acids is 1. The molecule has 0 radical (unpaired) electrons. The summed E-state index contributed by atoms with van der Waals surface area (Å²) in [6, 6.07) is 2.23. The molecule has 2 unspecified atom stereocenters. The van der Waals surface area contributed by atoms with E-state index in [0.717, 1.165) is 19.4 Å². The summed E-state index contributed by atoms with van der Waals surface area (Å²) >= 11 is 11.6. The number of piperidine rings is 1. The van der Waals surface area contributed by atoms with E-state index in [2.05, 4.69) is 29.2 Å². The maximum absolute atomic E-state index is 12.1. The molecule has 6 heteroatoms. The zero-order valence-corrected chi connectivity index (χ0v) is 12.5. The molecule has 2 rings (SSSR count). The van der Waals surface area contributed by atoms with Crippen LogP contribution in [0.2, 0.25) is 10.2 Å². The molecule has 104 valence electrons. The number of pyridine rings is 1. The second kappa shape index (κ2) is 6.07. The van der Waals surface area contributed by atoms with Crippen LogP contribution in [-0.4, -0.2) is 41.5 Å². The van der Waals surface area contributed by atoms with Crippen molar-refractivity contribution in [3.05, 3.63) is 28.0 Å². The Hall–Kier alpha value is -0.840. The Kier molecular flexibility index (Phi) is 4.66. The van der Waals surface area contributed by atoms with E-state index in [1.165, 1.54) is 6.20 Å². The molecule has 1 aliphatic heterocycles. The summed E-state index contributed by atoms with van der Waals surface area (Å²) in [6.45, 7) is 3.16. The van der Waals surface area contributed by atoms with Crippen molar-refractivity contribution in [1.82, 2.24) is 15.2 Å². The lowest BCUT2D eigenvalue weighted by Crippen LogP contribution is -2.47. The number of hydrogen-bond acceptors (Lipinski definition) is 3. The number of nitrogens with one attached hydrogen (secondary N) is 1. The lowest BCUT2D eigenvalue weighted by atomic mass is 9.98. The average Bonchev–Trinajstić information content (AvgIpc) is 2.37. The molecule has 1 aliphatic rings. The predicted octanol–water partition coefficient (Wildman–Crippen LogP) is 2.60. The van der Waals surface area contributed by atoms with Gasteiger partial charge in [-0.1, -0.05) is 23.2 Å². The molecule has 4 nitrogen and oxygen atoms in total. The number of aromatic nitrogens is 1. The van der Waals surface area contributed by atoms with E-state index in [-0.39, 0.29) is 17.1 Å². The van der Waals surface area contributed by atoms with Gasteiger partial charge in [-0.05, 0) is 32.9 Å². The van der Waals surface area contributed by atoms with Crippen LogP contribution in [0.5, 0.6) is 0 Å². The van der Waals surface area contributed by atoms with E-state index in [1.54, 1.807) is 6.07 Å². The third-order valence-electron chi connectivity index (χ3n) is 3.60. The molecule has 19 heavy (non-hydrogen) atoms. The van der Waals surface area contributed by atoms with Crippen molar-refractivity contribution in [2.45, 2.75) is 31.8 Å². The number of rotatable bonds is 2. The van der Waals surface area contributed by atoms with Gasteiger partial charge in [0.15, 0.2) is 0 Å². The molecule has 1 amide bonds. The summed E-state index contributed by atoms with van der Waals surface area (Å²) in [7, 11) is 2.10. The number of likely N-dealkylation sites (tertiary alicyclic amines) is 1. The van der Waals surface area contributed by atoms with E-state index in [1.807, 2.05) is 0 Å². The minimum absolute atomic E-state index is 0.146. The molecule has 0 aliphatic carbocycles. The molecule has 0 bridgehead atoms. The first-order chi connectivity index (χ1) is 8.97. The van der Waals surface area contributed by atoms with Gasteiger partial charge in [-0.3, -0.25) is 4.79 Å². The van der Waals surface area contributed by atoms with Crippen LogP contribution in [0, 0.1) is 0 Å². The summed E-state index contributed by atoms with van der Waals surface area (Å²) in [5, 5.41) is 3.54. The second-order valence-corrected chi connectivity index (χ2v) is 5.79. The first-order valence-corrected chi connectivity index (χ1v) is 7.05. The highest BCUT2D eigenvalue weighted by atomic mass is 35.5. The lowest BCUT2D eigenvalue weighted by molar-refractivity contribution is 0.0896. The fourth-order valence-electron chi connectivity index (χ4n) is 2.23. The van der Waals surface area contributed by atoms with Crippen molar-refractivity contribution in [2.24, 2.45) is 0 Å². The first-order valence-electron chi connectivity index (χ1n) is 6.29. The van der Waals surface area contributed by atoms with Gasteiger partial charge in [0.2, 0.25) is 0 Å². The van der Waals surface area contributed by atoms with Gasteiger partial charge in [0.25, 0.3) is 5.91 Å². The maximum atomic E-state index is 12.1. The zero-order valence-electron chi connectivity index (χ0n) is 11.0. The Bertz CT molecular complexity index is 481. The Balaban J connectivity index is 1.99. The Labute approximate surface area is 123 Å². The largest absolute Gasteiger partial charge is 0.349 e. The minimum atomic E-state index is -0.146. The highest BCUT2D eigenvalue weighted by Crippen LogP contribution is 2.20. The molecule has 0 saturated carbocycles. The highest BCUT2D eigenvalue weighted by molar-refractivity contribution is 6.41. The first kappa shape index (κ1) is 14.6. The van der Waals surface area contributed by atoms with Gasteiger partial charge in [-0.25, -0.2) is 4.98 Å². The minimum Gasteiger partial charge on any atom is -0.349 e. The van der Waals surface area contributed by atoms with Crippen LogP contribution in [-0.2, 0) is 0 Å². The molecule has 1 saturated heterocycles. The van der Waals surface area contributed by atoms with Gasteiger partial charge in [0.1, 0.15) is 5.15 Å². The molecular weight excluding hydrogens is 285 g/mol. The van der Waals surface area contributed by atoms with Crippen LogP contribution in [0.25, 0.3) is 0 Å². The summed E-state index contributed by atoms with van der Waals surface area (Å²) in [5.41, 5.74) is 0.445. The van der Waals surface area contributed by atoms with Crippen LogP contribution in [0.1, 0.15) is 30.1 Å². The number of amides is 1. The van der Waals surface area contributed by atoms with Gasteiger partial charge in [0.05, 0.1) is 10.6 Å². The predicted molar refractivity (Wildman–Crippen MR) is 76.8 cm³/mol. The van der Waals surface area contributed by atoms with Crippen LogP contribution >= 0.6 is 23.2 Å². The normalized spacial score (nSPS) is 24.2. The summed E-state index contributed by atoms with van der Waals surface area (Å²) in [4.78, 5) is 18.3. The van der Waals surface area contributed by atoms with Gasteiger partial charge in [-0.2, -0.15) is 0 Å². The Morgan fingerprint density at radius 2 is 2.26 bits per heavy atom. The number of hydrogen-bond donors (Lipinski definition) is 1. The molecule has 1 aromatic heterocycles. The molecular formula is C13H17Cl2N3O. The standard InChI is InChI=1S/C13H17Cl2N3O/c1-8-5-10(3-4-18(8)2)17-13(19)9-6-11(14)12(15)16-7-9/h6-8,10H,3-5H2,1-2H3,(H,17,19). The molecule has 2 heterocycles. The van der Waals surface area contributed by atoms with E-state index >= 15 is 0 Å². The van der Waals surface area contributed by atoms with E-state index in [9.17, 15) is 4.79 Å². The smallest absolute Gasteiger partial charge is 0.253 e. The van der Waals surface area contributed by atoms with Crippen molar-refractivity contribution in [1.29, 1.82) is 0 Å². The highest BCUT2D eigenvalue weighted by Gasteiger charge is 2.24. The molecule has 0 aromatic carbocycles. The summed E-state index contributed by atoms with van der Waals surface area (Å²) < 4.78 is 0. The monoisotopic (exact) mass is 301 g/mol. The third-order valence-corrected chi connectivity index (χ3v) is 4.29. The van der Waals surface area contributed by atoms with Crippen molar-refractivity contribution >= 4 is 29.1 Å². The van der Waals surface area contributed by atoms with Gasteiger partial charge < -0.3 is 10.2 Å². The third kappa shape index (κ3) is 3.59. The quantitative estimate of drug-likeness (QED) is 0.854. The van der Waals surface area contributed by atoms with Crippen molar-refractivity contribution in [3.8, 4) is 0 Å². The number of nitrogens with zero attached hydrogens (tertiary/aromatic N) is 2. The molecule has 0 spiro atoms. The molecule has 2 atom stereocenters. The summed E-state index contributed by atoms with van der Waals surface area (Å²) in [6.07, 6.45) is 3.36. The number of carbonyl (C=O) groups is 1. The fraction of sp³-hybridized carbons (Fsp3) is 0.538. The zero-order chi connectivity index (χ0) is 14.0. The number of halogens is 2. The topological polar surface area (TPSA) is 45.2 Å². The molecule has 1 aromatic rings. The molecule has 1 fully saturated rings. The van der Waals surface area contributed by atoms with E-state index < -0.39 is 0 Å². The van der Waals surface area contributed by atoms with Crippen LogP contribution in [0.15, 0.2) is 12.3 Å². The van der Waals surface area contributed by atoms with Gasteiger partial charge in [-0.15, -0.1) is 0 Å². The lowest BCUT2D eigenvalue weighted by Gasteiger charge is -2.35. The van der Waals surface area contributed by atoms with Crippen molar-refractivity contribution in [3.63, 3.8) is 0 Å². The van der Waals surface area contributed by atoms with Crippen molar-refractivity contribution < 1.29 is 4.79 Å². The van der Waals surface area contributed by atoms with Crippen LogP contribution in [0.4, 0.5) is 0 Å². The maximum Gasteiger partial charge on any atom is 0.253 e. The Morgan fingerprint density at radius 3 is 2.89 bits per heavy atom. The second-order valence-electron chi connectivity index (χ2n) is 5.02. The van der Waals surface area contributed by atoms with E-state index in [4.69, 9.17) is 23.2 Å².